The Balaban J connectivity index is 2.82. The Bertz CT molecular complexity index is 294. The molecule has 0 aliphatic carbocycles. The molecule has 0 saturated carbocycles. The summed E-state index contributed by atoms with van der Waals surface area (Å²) in [6.07, 6.45) is 0. The van der Waals surface area contributed by atoms with E-state index in [1.54, 1.807) is 0 Å². The summed E-state index contributed by atoms with van der Waals surface area (Å²) in [5.74, 6) is -0.921. The molecule has 1 aromatic carbocycles. The molecule has 0 radical (unpaired) electrons. The van der Waals surface area contributed by atoms with E-state index in [2.05, 4.69) is 11.1 Å². The zero-order chi connectivity index (χ0) is 8.97. The number of hydrogen-bond acceptors (Lipinski definition) is 2. The molecule has 0 bridgehead atoms. The molecule has 0 aliphatic heterocycles. The van der Waals surface area contributed by atoms with Crippen LogP contribution in [0.4, 0.5) is 4.39 Å². The first-order chi connectivity index (χ1) is 5.74. The summed E-state index contributed by atoms with van der Waals surface area (Å²) in [6.45, 7) is 3.23. The van der Waals surface area contributed by atoms with E-state index in [0.29, 0.717) is 5.56 Å². The molecule has 2 nitrogen and oxygen atoms in total. The molecule has 0 aromatic heterocycles. The van der Waals surface area contributed by atoms with Crippen molar-refractivity contribution in [3.05, 3.63) is 35.6 Å². The monoisotopic (exact) mass is 164 g/mol. The van der Waals surface area contributed by atoms with Crippen molar-refractivity contribution in [2.24, 2.45) is 0 Å². The Morgan fingerprint density at radius 2 is 2.00 bits per heavy atom. The Morgan fingerprint density at radius 1 is 1.42 bits per heavy atom. The van der Waals surface area contributed by atoms with E-state index in [1.807, 2.05) is 0 Å². The summed E-state index contributed by atoms with van der Waals surface area (Å²) in [5, 5.41) is 0. The molecule has 0 aliphatic rings. The van der Waals surface area contributed by atoms with Gasteiger partial charge in [0.1, 0.15) is 0 Å². The van der Waals surface area contributed by atoms with Crippen molar-refractivity contribution in [3.63, 3.8) is 0 Å². The quantitative estimate of drug-likeness (QED) is 0.610. The van der Waals surface area contributed by atoms with Crippen LogP contribution in [-0.4, -0.2) is 19.6 Å². The minimum atomic E-state index is -0.537. The van der Waals surface area contributed by atoms with E-state index in [-0.39, 0.29) is 5.82 Å². The van der Waals surface area contributed by atoms with Crippen molar-refractivity contribution in [2.45, 2.75) is 0 Å². The molecule has 60 valence electrons. The third-order valence-electron chi connectivity index (χ3n) is 1.27. The van der Waals surface area contributed by atoms with Crippen LogP contribution in [0.3, 0.4) is 0 Å². The first-order valence-corrected chi connectivity index (χ1v) is 3.31. The van der Waals surface area contributed by atoms with Crippen LogP contribution in [0, 0.1) is 5.82 Å². The molecule has 4 heteroatoms. The van der Waals surface area contributed by atoms with Crippen LogP contribution in [-0.2, 0) is 4.65 Å². The van der Waals surface area contributed by atoms with Gasteiger partial charge in [-0.1, -0.05) is 0 Å². The predicted octanol–water partition coefficient (Wildman–Crippen LogP) is 1.03. The van der Waals surface area contributed by atoms with Gasteiger partial charge in [0.2, 0.25) is 0 Å². The Labute approximate surface area is 69.9 Å². The van der Waals surface area contributed by atoms with E-state index in [4.69, 9.17) is 0 Å². The third kappa shape index (κ3) is 2.02. The van der Waals surface area contributed by atoms with Crippen LogP contribution in [0.5, 0.6) is 0 Å². The van der Waals surface area contributed by atoms with E-state index in [9.17, 15) is 9.18 Å². The molecule has 0 heterocycles. The molecule has 0 N–H and O–H groups in total. The van der Waals surface area contributed by atoms with Gasteiger partial charge >= 0.3 is 69.0 Å². The summed E-state index contributed by atoms with van der Waals surface area (Å²) < 4.78 is 16.8. The summed E-state index contributed by atoms with van der Waals surface area (Å²) in [5.41, 5.74) is 0.302. The molecule has 0 atom stereocenters. The summed E-state index contributed by atoms with van der Waals surface area (Å²) >= 11 is 0. The zero-order valence-corrected chi connectivity index (χ0v) is 6.29. The molecule has 0 spiro atoms. The molecule has 0 saturated heterocycles. The van der Waals surface area contributed by atoms with Crippen molar-refractivity contribution < 1.29 is 13.8 Å². The standard InChI is InChI=1S/C8H6BFO2/c1-9-12-8(11)6-2-4-7(10)5-3-6/h2-5H,1H2. The summed E-state index contributed by atoms with van der Waals surface area (Å²) in [6, 6.07) is 5.09. The molecular weight excluding hydrogens is 158 g/mol. The molecule has 1 rings (SSSR count). The van der Waals surface area contributed by atoms with Gasteiger partial charge in [-0.15, -0.1) is 0 Å². The topological polar surface area (TPSA) is 26.3 Å². The van der Waals surface area contributed by atoms with Gasteiger partial charge in [-0.25, -0.2) is 0 Å². The van der Waals surface area contributed by atoms with Crippen LogP contribution in [0.2, 0.25) is 0 Å². The predicted molar refractivity (Wildman–Crippen MR) is 44.7 cm³/mol. The molecular formula is C8H6BFO2. The van der Waals surface area contributed by atoms with E-state index in [1.165, 1.54) is 24.3 Å². The van der Waals surface area contributed by atoms with E-state index < -0.39 is 5.97 Å². The summed E-state index contributed by atoms with van der Waals surface area (Å²) in [7, 11) is 1.03. The second kappa shape index (κ2) is 3.81. The van der Waals surface area contributed by atoms with Crippen molar-refractivity contribution in [1.29, 1.82) is 0 Å². The van der Waals surface area contributed by atoms with E-state index in [0.717, 1.165) is 7.12 Å². The second-order valence-electron chi connectivity index (χ2n) is 2.08. The van der Waals surface area contributed by atoms with Gasteiger partial charge in [-0.2, -0.15) is 0 Å². The second-order valence-corrected chi connectivity index (χ2v) is 2.08. The first kappa shape index (κ1) is 8.65. The average molecular weight is 164 g/mol. The van der Waals surface area contributed by atoms with Crippen LogP contribution in [0.15, 0.2) is 24.3 Å². The Hall–Kier alpha value is -1.45. The molecule has 12 heavy (non-hydrogen) atoms. The first-order valence-electron chi connectivity index (χ1n) is 3.31. The van der Waals surface area contributed by atoms with Crippen LogP contribution in [0.1, 0.15) is 10.4 Å². The normalized spacial score (nSPS) is 8.75. The fourth-order valence-electron chi connectivity index (χ4n) is 0.730. The number of halogens is 1. The van der Waals surface area contributed by atoms with Crippen molar-refractivity contribution in [2.75, 3.05) is 0 Å². The number of carbonyl (C=O) groups excluding carboxylic acids is 1. The van der Waals surface area contributed by atoms with Crippen LogP contribution >= 0.6 is 0 Å². The summed E-state index contributed by atoms with van der Waals surface area (Å²) in [4.78, 5) is 10.9. The molecule has 0 amide bonds. The number of rotatable bonds is 2. The fraction of sp³-hybridized carbons (Fsp3) is 0. The van der Waals surface area contributed by atoms with E-state index >= 15 is 0 Å². The Morgan fingerprint density at radius 3 is 2.50 bits per heavy atom. The maximum absolute atomic E-state index is 12.4. The van der Waals surface area contributed by atoms with Gasteiger partial charge in [0, 0.05) is 0 Å². The van der Waals surface area contributed by atoms with Crippen molar-refractivity contribution >= 4 is 19.6 Å². The number of benzene rings is 1. The fourth-order valence-corrected chi connectivity index (χ4v) is 0.730. The SMILES string of the molecule is C=BOC(=O)c1ccc(F)cc1. The van der Waals surface area contributed by atoms with Gasteiger partial charge in [0.25, 0.3) is 0 Å². The van der Waals surface area contributed by atoms with Gasteiger partial charge < -0.3 is 0 Å². The minimum absolute atomic E-state index is 0.302. The number of carbonyl (C=O) groups is 1. The van der Waals surface area contributed by atoms with Gasteiger partial charge in [0.15, 0.2) is 0 Å². The zero-order valence-electron chi connectivity index (χ0n) is 6.29. The van der Waals surface area contributed by atoms with Crippen LogP contribution < -0.4 is 0 Å². The maximum atomic E-state index is 12.4. The molecule has 0 unspecified atom stereocenters. The van der Waals surface area contributed by atoms with Gasteiger partial charge in [-0.3, -0.25) is 0 Å². The molecule has 1 aromatic rings. The van der Waals surface area contributed by atoms with Gasteiger partial charge in [-0.05, 0) is 0 Å². The third-order valence-corrected chi connectivity index (χ3v) is 1.27. The Kier molecular flexibility index (Phi) is 2.74. The van der Waals surface area contributed by atoms with Crippen LogP contribution in [0.25, 0.3) is 0 Å². The van der Waals surface area contributed by atoms with Gasteiger partial charge in [0.05, 0.1) is 0 Å². The molecule has 0 fully saturated rings. The average Bonchev–Trinajstić information content (AvgIpc) is 2.06. The van der Waals surface area contributed by atoms with Crippen molar-refractivity contribution in [3.8, 4) is 0 Å². The van der Waals surface area contributed by atoms with Crippen molar-refractivity contribution in [1.82, 2.24) is 0 Å². The number of hydrogen-bond donors (Lipinski definition) is 0.